The van der Waals surface area contributed by atoms with Crippen molar-refractivity contribution in [3.63, 3.8) is 0 Å². The molecule has 2 atom stereocenters. The molecule has 0 saturated carbocycles. The van der Waals surface area contributed by atoms with Gasteiger partial charge in [-0.1, -0.05) is 36.4 Å². The molecule has 2 rings (SSSR count). The monoisotopic (exact) mass is 301 g/mol. The molecule has 2 aromatic rings. The number of methoxy groups -OCH3 is 1. The fraction of sp³-hybridized carbons (Fsp3) is 0.333. The van der Waals surface area contributed by atoms with Crippen LogP contribution in [0.15, 0.2) is 48.5 Å². The van der Waals surface area contributed by atoms with Crippen LogP contribution in [0.5, 0.6) is 5.75 Å². The van der Waals surface area contributed by atoms with Crippen molar-refractivity contribution in [2.24, 2.45) is 5.73 Å². The lowest BCUT2D eigenvalue weighted by Crippen LogP contribution is -2.22. The Kier molecular flexibility index (Phi) is 5.71. The van der Waals surface area contributed by atoms with E-state index in [1.54, 1.807) is 7.11 Å². The van der Waals surface area contributed by atoms with Crippen LogP contribution in [0, 0.1) is 6.92 Å². The molecular formula is C18H23NOS. The smallest absolute Gasteiger partial charge is 0.118 e. The molecule has 0 aliphatic carbocycles. The number of rotatable bonds is 6. The molecule has 0 aliphatic heterocycles. The van der Waals surface area contributed by atoms with Crippen molar-refractivity contribution in [2.75, 3.05) is 7.11 Å². The van der Waals surface area contributed by atoms with Crippen LogP contribution in [0.25, 0.3) is 0 Å². The van der Waals surface area contributed by atoms with E-state index in [-0.39, 0.29) is 11.3 Å². The summed E-state index contributed by atoms with van der Waals surface area (Å²) in [6.07, 6.45) is 0. The molecule has 0 saturated heterocycles. The van der Waals surface area contributed by atoms with Gasteiger partial charge in [-0.15, -0.1) is 11.8 Å². The molecule has 2 aromatic carbocycles. The second-order valence-electron chi connectivity index (χ2n) is 5.29. The summed E-state index contributed by atoms with van der Waals surface area (Å²) < 4.78 is 5.22. The molecule has 21 heavy (non-hydrogen) atoms. The molecule has 3 heteroatoms. The van der Waals surface area contributed by atoms with Crippen LogP contribution >= 0.6 is 11.8 Å². The summed E-state index contributed by atoms with van der Waals surface area (Å²) >= 11 is 1.90. The maximum atomic E-state index is 6.19. The van der Waals surface area contributed by atoms with Gasteiger partial charge in [0.2, 0.25) is 0 Å². The van der Waals surface area contributed by atoms with Crippen molar-refractivity contribution in [3.05, 3.63) is 65.2 Å². The second kappa shape index (κ2) is 7.53. The number of hydrogen-bond donors (Lipinski definition) is 1. The summed E-state index contributed by atoms with van der Waals surface area (Å²) in [7, 11) is 1.69. The van der Waals surface area contributed by atoms with Crippen molar-refractivity contribution in [1.82, 2.24) is 0 Å². The average molecular weight is 301 g/mol. The molecule has 0 heterocycles. The van der Waals surface area contributed by atoms with Gasteiger partial charge >= 0.3 is 0 Å². The minimum atomic E-state index is 0.104. The molecule has 0 bridgehead atoms. The van der Waals surface area contributed by atoms with Crippen molar-refractivity contribution >= 4 is 11.8 Å². The Hall–Kier alpha value is -1.45. The molecule has 0 spiro atoms. The quantitative estimate of drug-likeness (QED) is 0.862. The van der Waals surface area contributed by atoms with Crippen LogP contribution in [0.4, 0.5) is 0 Å². The molecular weight excluding hydrogens is 278 g/mol. The lowest BCUT2D eigenvalue weighted by atomic mass is 10.1. The van der Waals surface area contributed by atoms with Gasteiger partial charge in [-0.25, -0.2) is 0 Å². The number of hydrogen-bond acceptors (Lipinski definition) is 3. The zero-order valence-corrected chi connectivity index (χ0v) is 13.7. The Bertz CT molecular complexity index is 566. The summed E-state index contributed by atoms with van der Waals surface area (Å²) in [6, 6.07) is 16.8. The first-order chi connectivity index (χ1) is 10.1. The van der Waals surface area contributed by atoms with Gasteiger partial charge in [0, 0.05) is 17.0 Å². The first-order valence-electron chi connectivity index (χ1n) is 7.17. The van der Waals surface area contributed by atoms with Crippen LogP contribution in [-0.4, -0.2) is 13.2 Å². The SMILES string of the molecule is COc1ccc(C(SCc2ccccc2C)C(C)N)cc1. The molecule has 2 nitrogen and oxygen atoms in total. The van der Waals surface area contributed by atoms with Crippen LogP contribution in [0.3, 0.4) is 0 Å². The Morgan fingerprint density at radius 3 is 2.33 bits per heavy atom. The minimum absolute atomic E-state index is 0.104. The van der Waals surface area contributed by atoms with Gasteiger partial charge < -0.3 is 10.5 Å². The topological polar surface area (TPSA) is 35.2 Å². The average Bonchev–Trinajstić information content (AvgIpc) is 2.49. The van der Waals surface area contributed by atoms with Crippen LogP contribution in [0.1, 0.15) is 28.9 Å². The van der Waals surface area contributed by atoms with E-state index in [1.807, 2.05) is 23.9 Å². The normalized spacial score (nSPS) is 13.7. The van der Waals surface area contributed by atoms with E-state index in [2.05, 4.69) is 50.2 Å². The molecule has 2 N–H and O–H groups in total. The van der Waals surface area contributed by atoms with Gasteiger partial charge in [-0.3, -0.25) is 0 Å². The predicted octanol–water partition coefficient (Wildman–Crippen LogP) is 4.33. The van der Waals surface area contributed by atoms with Crippen LogP contribution in [-0.2, 0) is 5.75 Å². The number of ether oxygens (including phenoxy) is 1. The van der Waals surface area contributed by atoms with Gasteiger partial charge in [0.1, 0.15) is 5.75 Å². The lowest BCUT2D eigenvalue weighted by molar-refractivity contribution is 0.414. The Morgan fingerprint density at radius 2 is 1.76 bits per heavy atom. The zero-order chi connectivity index (χ0) is 15.2. The van der Waals surface area contributed by atoms with E-state index < -0.39 is 0 Å². The van der Waals surface area contributed by atoms with E-state index in [0.29, 0.717) is 0 Å². The highest BCUT2D eigenvalue weighted by molar-refractivity contribution is 7.98. The van der Waals surface area contributed by atoms with E-state index in [0.717, 1.165) is 11.5 Å². The summed E-state index contributed by atoms with van der Waals surface area (Å²) in [6.45, 7) is 4.23. The summed E-state index contributed by atoms with van der Waals surface area (Å²) in [5.41, 5.74) is 10.2. The number of benzene rings is 2. The van der Waals surface area contributed by atoms with E-state index in [1.165, 1.54) is 16.7 Å². The highest BCUT2D eigenvalue weighted by Crippen LogP contribution is 2.35. The van der Waals surface area contributed by atoms with Crippen LogP contribution in [0.2, 0.25) is 0 Å². The zero-order valence-electron chi connectivity index (χ0n) is 12.9. The molecule has 2 unspecified atom stereocenters. The van der Waals surface area contributed by atoms with Gasteiger partial charge in [0.25, 0.3) is 0 Å². The lowest BCUT2D eigenvalue weighted by Gasteiger charge is -2.21. The summed E-state index contributed by atoms with van der Waals surface area (Å²) in [5.74, 6) is 1.86. The maximum Gasteiger partial charge on any atom is 0.118 e. The predicted molar refractivity (Wildman–Crippen MR) is 91.9 cm³/mol. The third-order valence-electron chi connectivity index (χ3n) is 3.60. The van der Waals surface area contributed by atoms with E-state index >= 15 is 0 Å². The number of aryl methyl sites for hydroxylation is 1. The molecule has 0 aliphatic rings. The third kappa shape index (κ3) is 4.26. The van der Waals surface area contributed by atoms with E-state index in [9.17, 15) is 0 Å². The van der Waals surface area contributed by atoms with Crippen molar-refractivity contribution in [1.29, 1.82) is 0 Å². The molecule has 0 radical (unpaired) electrons. The highest BCUT2D eigenvalue weighted by Gasteiger charge is 2.17. The Morgan fingerprint density at radius 1 is 1.10 bits per heavy atom. The fourth-order valence-corrected chi connectivity index (χ4v) is 3.63. The molecule has 112 valence electrons. The molecule has 0 fully saturated rings. The third-order valence-corrected chi connectivity index (χ3v) is 5.14. The molecule has 0 amide bonds. The summed E-state index contributed by atoms with van der Waals surface area (Å²) in [4.78, 5) is 0. The highest BCUT2D eigenvalue weighted by atomic mass is 32.2. The minimum Gasteiger partial charge on any atom is -0.497 e. The Balaban J connectivity index is 2.10. The van der Waals surface area contributed by atoms with Gasteiger partial charge in [-0.05, 0) is 42.7 Å². The fourth-order valence-electron chi connectivity index (χ4n) is 2.30. The number of nitrogens with two attached hydrogens (primary N) is 1. The summed E-state index contributed by atoms with van der Waals surface area (Å²) in [5, 5.41) is 0.288. The van der Waals surface area contributed by atoms with Crippen molar-refractivity contribution in [3.8, 4) is 5.75 Å². The van der Waals surface area contributed by atoms with Gasteiger partial charge in [0.05, 0.1) is 7.11 Å². The van der Waals surface area contributed by atoms with Crippen molar-refractivity contribution in [2.45, 2.75) is 30.9 Å². The standard InChI is InChI=1S/C18H23NOS/c1-13-6-4-5-7-16(13)12-21-18(14(2)19)15-8-10-17(20-3)11-9-15/h4-11,14,18H,12,19H2,1-3H3. The van der Waals surface area contributed by atoms with Gasteiger partial charge in [-0.2, -0.15) is 0 Å². The largest absolute Gasteiger partial charge is 0.497 e. The van der Waals surface area contributed by atoms with Crippen molar-refractivity contribution < 1.29 is 4.74 Å². The molecule has 0 aromatic heterocycles. The number of thioether (sulfide) groups is 1. The second-order valence-corrected chi connectivity index (χ2v) is 6.42. The van der Waals surface area contributed by atoms with Crippen LogP contribution < -0.4 is 10.5 Å². The Labute approximate surface area is 131 Å². The maximum absolute atomic E-state index is 6.19. The van der Waals surface area contributed by atoms with E-state index in [4.69, 9.17) is 10.5 Å². The first-order valence-corrected chi connectivity index (χ1v) is 8.22. The van der Waals surface area contributed by atoms with Gasteiger partial charge in [0.15, 0.2) is 0 Å². The first kappa shape index (κ1) is 15.9.